The topological polar surface area (TPSA) is 87.5 Å². The number of nitrogens with zero attached hydrogens (tertiary/aromatic N) is 1. The van der Waals surface area contributed by atoms with Gasteiger partial charge in [-0.15, -0.1) is 0 Å². The first-order chi connectivity index (χ1) is 12.9. The molecule has 0 aromatic rings. The number of likely N-dealkylation sites (N-methyl/N-ethyl adjacent to an activating group) is 1. The fraction of sp³-hybridized carbons (Fsp3) is 1.00. The number of nitrogens with one attached hydrogen (secondary N) is 7. The lowest BCUT2D eigenvalue weighted by atomic mass is 10.4. The van der Waals surface area contributed by atoms with Crippen molar-refractivity contribution in [1.82, 2.24) is 42.1 Å². The molecule has 0 aromatic heterocycles. The normalized spacial score (nSPS) is 21.1. The van der Waals surface area contributed by atoms with E-state index in [2.05, 4.69) is 49.0 Å². The smallest absolute Gasteiger partial charge is 0.0108 e. The Labute approximate surface area is 161 Å². The van der Waals surface area contributed by atoms with E-state index in [1.54, 1.807) is 0 Å². The van der Waals surface area contributed by atoms with Gasteiger partial charge in [-0.25, -0.2) is 0 Å². The van der Waals surface area contributed by atoms with Gasteiger partial charge in [0.25, 0.3) is 0 Å². The molecule has 1 fully saturated rings. The first-order valence-electron chi connectivity index (χ1n) is 10.6. The minimum Gasteiger partial charge on any atom is -0.316 e. The molecular weight excluding hydrogens is 328 g/mol. The zero-order chi connectivity index (χ0) is 18.5. The quantitative estimate of drug-likeness (QED) is 0.246. The number of hydrogen-bond donors (Lipinski definition) is 7. The Morgan fingerprint density at radius 1 is 0.577 bits per heavy atom. The Morgan fingerprint density at radius 2 is 1.00 bits per heavy atom. The Hall–Kier alpha value is -0.320. The minimum atomic E-state index is 1.04. The highest BCUT2D eigenvalue weighted by atomic mass is 15.2. The largest absolute Gasteiger partial charge is 0.316 e. The summed E-state index contributed by atoms with van der Waals surface area (Å²) in [6, 6.07) is 0. The predicted molar refractivity (Wildman–Crippen MR) is 112 cm³/mol. The average Bonchev–Trinajstić information content (AvgIpc) is 2.65. The molecule has 1 rings (SSSR count). The van der Waals surface area contributed by atoms with Crippen LogP contribution in [-0.4, -0.2) is 116 Å². The molecule has 1 saturated heterocycles. The summed E-state index contributed by atoms with van der Waals surface area (Å²) in [6.07, 6.45) is 0. The maximum absolute atomic E-state index is 3.55. The molecular formula is C18H44N8. The van der Waals surface area contributed by atoms with Crippen LogP contribution in [-0.2, 0) is 0 Å². The Kier molecular flexibility index (Phi) is 17.7. The van der Waals surface area contributed by atoms with E-state index in [1.165, 1.54) is 0 Å². The van der Waals surface area contributed by atoms with Gasteiger partial charge in [0.2, 0.25) is 0 Å². The molecule has 1 aliphatic heterocycles. The summed E-state index contributed by atoms with van der Waals surface area (Å²) in [4.78, 5) is 2.55. The van der Waals surface area contributed by atoms with Crippen molar-refractivity contribution in [2.45, 2.75) is 6.92 Å². The SMILES string of the molecule is CCNCCNCCN1CCNCCNCCNCCNCCNCC1. The molecule has 7 N–H and O–H groups in total. The highest BCUT2D eigenvalue weighted by molar-refractivity contribution is 4.66. The van der Waals surface area contributed by atoms with Gasteiger partial charge in [0.05, 0.1) is 0 Å². The molecule has 0 bridgehead atoms. The van der Waals surface area contributed by atoms with E-state index in [9.17, 15) is 0 Å². The zero-order valence-corrected chi connectivity index (χ0v) is 17.0. The molecule has 8 heteroatoms. The van der Waals surface area contributed by atoms with Gasteiger partial charge in [0, 0.05) is 105 Å². The number of rotatable bonds is 7. The van der Waals surface area contributed by atoms with Gasteiger partial charge in [0.15, 0.2) is 0 Å². The second-order valence-electron chi connectivity index (χ2n) is 6.70. The van der Waals surface area contributed by atoms with E-state index in [0.717, 1.165) is 111 Å². The highest BCUT2D eigenvalue weighted by Crippen LogP contribution is 1.86. The molecule has 1 aliphatic rings. The molecule has 8 nitrogen and oxygen atoms in total. The van der Waals surface area contributed by atoms with Gasteiger partial charge < -0.3 is 37.2 Å². The Balaban J connectivity index is 2.19. The molecule has 156 valence electrons. The predicted octanol–water partition coefficient (Wildman–Crippen LogP) is -2.55. The molecule has 26 heavy (non-hydrogen) atoms. The lowest BCUT2D eigenvalue weighted by Crippen LogP contribution is -2.43. The molecule has 0 radical (unpaired) electrons. The van der Waals surface area contributed by atoms with Crippen LogP contribution in [0.4, 0.5) is 0 Å². The summed E-state index contributed by atoms with van der Waals surface area (Å²) in [5.41, 5.74) is 0. The van der Waals surface area contributed by atoms with Crippen LogP contribution < -0.4 is 37.2 Å². The van der Waals surface area contributed by atoms with E-state index in [4.69, 9.17) is 0 Å². The standard InChI is InChI=1S/C18H44N8/c1-2-19-3-4-23-13-16-26-17-14-24-11-9-21-7-5-20-6-8-22-10-12-25-15-18-26/h19-25H,2-18H2,1H3. The van der Waals surface area contributed by atoms with Crippen molar-refractivity contribution < 1.29 is 0 Å². The van der Waals surface area contributed by atoms with Gasteiger partial charge >= 0.3 is 0 Å². The van der Waals surface area contributed by atoms with Crippen LogP contribution in [0, 0.1) is 0 Å². The number of hydrogen-bond acceptors (Lipinski definition) is 8. The minimum absolute atomic E-state index is 1.04. The van der Waals surface area contributed by atoms with Crippen LogP contribution in [0.25, 0.3) is 0 Å². The first-order valence-corrected chi connectivity index (χ1v) is 10.6. The van der Waals surface area contributed by atoms with Crippen molar-refractivity contribution in [2.75, 3.05) is 111 Å². The van der Waals surface area contributed by atoms with E-state index in [1.807, 2.05) is 0 Å². The molecule has 1 heterocycles. The van der Waals surface area contributed by atoms with Gasteiger partial charge in [-0.2, -0.15) is 0 Å². The van der Waals surface area contributed by atoms with Crippen LogP contribution in [0.5, 0.6) is 0 Å². The maximum atomic E-state index is 3.55. The molecule has 0 spiro atoms. The van der Waals surface area contributed by atoms with Crippen LogP contribution in [0.2, 0.25) is 0 Å². The third-order valence-corrected chi connectivity index (χ3v) is 4.46. The molecule has 0 aliphatic carbocycles. The summed E-state index contributed by atoms with van der Waals surface area (Å²) >= 11 is 0. The fourth-order valence-electron chi connectivity index (χ4n) is 2.86. The van der Waals surface area contributed by atoms with Crippen LogP contribution in [0.15, 0.2) is 0 Å². The Bertz CT molecular complexity index is 262. The fourth-order valence-corrected chi connectivity index (χ4v) is 2.86. The van der Waals surface area contributed by atoms with Crippen LogP contribution in [0.1, 0.15) is 6.92 Å². The lowest BCUT2D eigenvalue weighted by Gasteiger charge is -2.23. The van der Waals surface area contributed by atoms with Gasteiger partial charge in [-0.3, -0.25) is 4.90 Å². The van der Waals surface area contributed by atoms with Gasteiger partial charge in [0.1, 0.15) is 0 Å². The zero-order valence-electron chi connectivity index (χ0n) is 17.0. The third-order valence-electron chi connectivity index (χ3n) is 4.46. The van der Waals surface area contributed by atoms with Crippen LogP contribution >= 0.6 is 0 Å². The summed E-state index contributed by atoms with van der Waals surface area (Å²) in [5, 5.41) is 24.4. The van der Waals surface area contributed by atoms with Gasteiger partial charge in [-0.05, 0) is 6.54 Å². The van der Waals surface area contributed by atoms with E-state index < -0.39 is 0 Å². The second kappa shape index (κ2) is 19.4. The first kappa shape index (κ1) is 23.7. The second-order valence-corrected chi connectivity index (χ2v) is 6.70. The summed E-state index contributed by atoms with van der Waals surface area (Å²) in [6.45, 7) is 20.1. The van der Waals surface area contributed by atoms with Crippen molar-refractivity contribution >= 4 is 0 Å². The molecule has 0 aromatic carbocycles. The summed E-state index contributed by atoms with van der Waals surface area (Å²) in [7, 11) is 0. The monoisotopic (exact) mass is 372 g/mol. The summed E-state index contributed by atoms with van der Waals surface area (Å²) in [5.74, 6) is 0. The summed E-state index contributed by atoms with van der Waals surface area (Å²) < 4.78 is 0. The van der Waals surface area contributed by atoms with Crippen molar-refractivity contribution in [3.8, 4) is 0 Å². The lowest BCUT2D eigenvalue weighted by molar-refractivity contribution is 0.272. The van der Waals surface area contributed by atoms with Crippen molar-refractivity contribution in [3.05, 3.63) is 0 Å². The van der Waals surface area contributed by atoms with Crippen molar-refractivity contribution in [2.24, 2.45) is 0 Å². The van der Waals surface area contributed by atoms with Crippen molar-refractivity contribution in [1.29, 1.82) is 0 Å². The Morgan fingerprint density at radius 3 is 1.46 bits per heavy atom. The molecule has 0 saturated carbocycles. The molecule has 0 unspecified atom stereocenters. The third kappa shape index (κ3) is 15.9. The molecule has 0 atom stereocenters. The van der Waals surface area contributed by atoms with E-state index in [0.29, 0.717) is 0 Å². The van der Waals surface area contributed by atoms with E-state index in [-0.39, 0.29) is 0 Å². The van der Waals surface area contributed by atoms with Crippen molar-refractivity contribution in [3.63, 3.8) is 0 Å². The average molecular weight is 373 g/mol. The molecule has 0 amide bonds. The van der Waals surface area contributed by atoms with Crippen LogP contribution in [0.3, 0.4) is 0 Å². The van der Waals surface area contributed by atoms with E-state index >= 15 is 0 Å². The highest BCUT2D eigenvalue weighted by Gasteiger charge is 2.04. The van der Waals surface area contributed by atoms with Gasteiger partial charge in [-0.1, -0.05) is 6.92 Å². The maximum Gasteiger partial charge on any atom is 0.0108 e.